The van der Waals surface area contributed by atoms with Crippen LogP contribution in [0.1, 0.15) is 39.6 Å². The molecule has 0 aromatic heterocycles. The predicted octanol–water partition coefficient (Wildman–Crippen LogP) is 5.52. The maximum atomic E-state index is 12.8. The van der Waals surface area contributed by atoms with Gasteiger partial charge in [0.15, 0.2) is 5.78 Å². The summed E-state index contributed by atoms with van der Waals surface area (Å²) in [5, 5.41) is 12.3. The Morgan fingerprint density at radius 1 is 1.12 bits per heavy atom. The quantitative estimate of drug-likeness (QED) is 0.627. The number of carbonyl (C=O) groups is 1. The van der Waals surface area contributed by atoms with Gasteiger partial charge in [-0.2, -0.15) is 0 Å². The monoisotopic (exact) mass is 352 g/mol. The molecule has 1 atom stereocenters. The van der Waals surface area contributed by atoms with Crippen LogP contribution in [0.5, 0.6) is 11.5 Å². The molecule has 1 unspecified atom stereocenters. The third kappa shape index (κ3) is 2.47. The van der Waals surface area contributed by atoms with Crippen molar-refractivity contribution in [1.29, 1.82) is 0 Å². The van der Waals surface area contributed by atoms with Gasteiger partial charge in [-0.3, -0.25) is 4.79 Å². The fraction of sp³-hybridized carbons (Fsp3) is 0.190. The number of phenols is 1. The number of carbonyl (C=O) groups excluding carboxylic acids is 1. The first kappa shape index (κ1) is 16.0. The van der Waals surface area contributed by atoms with Crippen LogP contribution in [-0.4, -0.2) is 10.9 Å². The van der Waals surface area contributed by atoms with E-state index < -0.39 is 0 Å². The highest BCUT2D eigenvalue weighted by Crippen LogP contribution is 2.47. The van der Waals surface area contributed by atoms with E-state index in [2.05, 4.69) is 0 Å². The minimum atomic E-state index is -0.370. The number of ether oxygens (including phenoxy) is 1. The minimum absolute atomic E-state index is 0.0191. The SMILES string of the molecule is Cc1cc2c(Cl)c(C)cc(O)c2c2c1C(=O)CC(c1ccccc1)O2. The van der Waals surface area contributed by atoms with Crippen LogP contribution in [0.4, 0.5) is 0 Å². The highest BCUT2D eigenvalue weighted by molar-refractivity contribution is 6.37. The lowest BCUT2D eigenvalue weighted by atomic mass is 9.90. The Morgan fingerprint density at radius 3 is 2.56 bits per heavy atom. The van der Waals surface area contributed by atoms with Crippen molar-refractivity contribution in [3.05, 3.63) is 69.7 Å². The van der Waals surface area contributed by atoms with Crippen molar-refractivity contribution in [2.45, 2.75) is 26.4 Å². The van der Waals surface area contributed by atoms with Crippen LogP contribution < -0.4 is 4.74 Å². The summed E-state index contributed by atoms with van der Waals surface area (Å²) in [4.78, 5) is 12.8. The molecule has 0 aliphatic carbocycles. The number of aromatic hydroxyl groups is 1. The van der Waals surface area contributed by atoms with Crippen LogP contribution in [0.3, 0.4) is 0 Å². The van der Waals surface area contributed by atoms with E-state index in [-0.39, 0.29) is 24.1 Å². The number of phenolic OH excluding ortho intramolecular Hbond substituents is 1. The molecule has 0 saturated carbocycles. The van der Waals surface area contributed by atoms with Crippen molar-refractivity contribution < 1.29 is 14.6 Å². The Balaban J connectivity index is 1.99. The van der Waals surface area contributed by atoms with Crippen LogP contribution in [0.2, 0.25) is 5.02 Å². The largest absolute Gasteiger partial charge is 0.507 e. The Morgan fingerprint density at radius 2 is 1.84 bits per heavy atom. The fourth-order valence-corrected chi connectivity index (χ4v) is 3.74. The zero-order chi connectivity index (χ0) is 17.7. The van der Waals surface area contributed by atoms with Gasteiger partial charge in [0.1, 0.15) is 17.6 Å². The van der Waals surface area contributed by atoms with Crippen LogP contribution in [0, 0.1) is 13.8 Å². The molecule has 3 aromatic carbocycles. The van der Waals surface area contributed by atoms with Crippen molar-refractivity contribution in [3.63, 3.8) is 0 Å². The number of halogens is 1. The van der Waals surface area contributed by atoms with Crippen LogP contribution in [0.25, 0.3) is 10.8 Å². The first-order valence-electron chi connectivity index (χ1n) is 8.17. The first-order valence-corrected chi connectivity index (χ1v) is 8.55. The van der Waals surface area contributed by atoms with Gasteiger partial charge in [0.05, 0.1) is 22.4 Å². The van der Waals surface area contributed by atoms with E-state index in [1.165, 1.54) is 0 Å². The number of aryl methyl sites for hydroxylation is 2. The van der Waals surface area contributed by atoms with Gasteiger partial charge in [-0.1, -0.05) is 41.9 Å². The Kier molecular flexibility index (Phi) is 3.69. The first-order chi connectivity index (χ1) is 12.0. The zero-order valence-corrected chi connectivity index (χ0v) is 14.7. The molecule has 1 N–H and O–H groups in total. The van der Waals surface area contributed by atoms with Crippen molar-refractivity contribution in [2.75, 3.05) is 0 Å². The number of hydrogen-bond acceptors (Lipinski definition) is 3. The van der Waals surface area contributed by atoms with E-state index in [4.69, 9.17) is 16.3 Å². The van der Waals surface area contributed by atoms with E-state index in [1.807, 2.05) is 50.2 Å². The van der Waals surface area contributed by atoms with Gasteiger partial charge in [-0.25, -0.2) is 0 Å². The predicted molar refractivity (Wildman–Crippen MR) is 98.9 cm³/mol. The third-order valence-electron chi connectivity index (χ3n) is 4.75. The summed E-state index contributed by atoms with van der Waals surface area (Å²) in [5.74, 6) is 0.528. The van der Waals surface area contributed by atoms with Gasteiger partial charge in [-0.05, 0) is 42.7 Å². The Hall–Kier alpha value is -2.52. The highest BCUT2D eigenvalue weighted by atomic mass is 35.5. The molecule has 0 bridgehead atoms. The highest BCUT2D eigenvalue weighted by Gasteiger charge is 2.32. The fourth-order valence-electron chi connectivity index (χ4n) is 3.54. The molecule has 4 rings (SSSR count). The van der Waals surface area contributed by atoms with Crippen LogP contribution in [0.15, 0.2) is 42.5 Å². The molecule has 4 heteroatoms. The number of ketones is 1. The molecule has 0 amide bonds. The van der Waals surface area contributed by atoms with Gasteiger partial charge < -0.3 is 9.84 Å². The van der Waals surface area contributed by atoms with E-state index in [9.17, 15) is 9.90 Å². The normalized spacial score (nSPS) is 16.6. The summed E-state index contributed by atoms with van der Waals surface area (Å²) in [6.07, 6.45) is -0.0883. The van der Waals surface area contributed by atoms with Crippen molar-refractivity contribution in [2.24, 2.45) is 0 Å². The Bertz CT molecular complexity index is 1010. The molecule has 3 aromatic rings. The molecule has 3 nitrogen and oxygen atoms in total. The molecule has 25 heavy (non-hydrogen) atoms. The lowest BCUT2D eigenvalue weighted by molar-refractivity contribution is 0.0852. The van der Waals surface area contributed by atoms with Crippen LogP contribution in [-0.2, 0) is 0 Å². The third-order valence-corrected chi connectivity index (χ3v) is 5.25. The van der Waals surface area contributed by atoms with Crippen molar-refractivity contribution >= 4 is 28.2 Å². The number of fused-ring (bicyclic) bond motifs is 3. The summed E-state index contributed by atoms with van der Waals surface area (Å²) in [5.41, 5.74) is 3.07. The van der Waals surface area contributed by atoms with Gasteiger partial charge in [-0.15, -0.1) is 0 Å². The smallest absolute Gasteiger partial charge is 0.170 e. The maximum Gasteiger partial charge on any atom is 0.170 e. The lowest BCUT2D eigenvalue weighted by Gasteiger charge is -2.28. The summed E-state index contributed by atoms with van der Waals surface area (Å²) >= 11 is 6.45. The van der Waals surface area contributed by atoms with Gasteiger partial charge in [0.25, 0.3) is 0 Å². The molecule has 1 aliphatic heterocycles. The second-order valence-corrected chi connectivity index (χ2v) is 6.87. The molecule has 0 spiro atoms. The molecule has 1 heterocycles. The molecule has 1 aliphatic rings. The number of rotatable bonds is 1. The van der Waals surface area contributed by atoms with Crippen molar-refractivity contribution in [3.8, 4) is 11.5 Å². The number of hydrogen-bond donors (Lipinski definition) is 1. The Labute approximate surface area is 150 Å². The van der Waals surface area contributed by atoms with E-state index in [1.54, 1.807) is 6.07 Å². The van der Waals surface area contributed by atoms with Crippen molar-refractivity contribution in [1.82, 2.24) is 0 Å². The zero-order valence-electron chi connectivity index (χ0n) is 14.0. The van der Waals surface area contributed by atoms with E-state index in [0.717, 1.165) is 16.7 Å². The lowest BCUT2D eigenvalue weighted by Crippen LogP contribution is -2.21. The molecule has 0 radical (unpaired) electrons. The number of Topliss-reactive ketones (excluding diaryl/α,β-unsaturated/α-hetero) is 1. The molecule has 0 saturated heterocycles. The molecule has 0 fully saturated rings. The summed E-state index contributed by atoms with van der Waals surface area (Å²) in [6.45, 7) is 3.72. The average molecular weight is 353 g/mol. The average Bonchev–Trinajstić information content (AvgIpc) is 2.59. The van der Waals surface area contributed by atoms with Gasteiger partial charge >= 0.3 is 0 Å². The maximum absolute atomic E-state index is 12.8. The second kappa shape index (κ2) is 5.78. The topological polar surface area (TPSA) is 46.5 Å². The molecular weight excluding hydrogens is 336 g/mol. The van der Waals surface area contributed by atoms with Gasteiger partial charge in [0, 0.05) is 5.39 Å². The van der Waals surface area contributed by atoms with E-state index >= 15 is 0 Å². The summed E-state index contributed by atoms with van der Waals surface area (Å²) in [7, 11) is 0. The molecular formula is C21H17ClO3. The van der Waals surface area contributed by atoms with E-state index in [0.29, 0.717) is 27.1 Å². The van der Waals surface area contributed by atoms with Gasteiger partial charge in [0.2, 0.25) is 0 Å². The van der Waals surface area contributed by atoms with Crippen LogP contribution >= 0.6 is 11.6 Å². The standard InChI is InChI=1S/C21H17ClO3/c1-11-8-14-19(15(23)9-12(2)20(14)22)21-18(11)16(24)10-17(25-21)13-6-4-3-5-7-13/h3-9,17,23H,10H2,1-2H3. The molecule has 126 valence electrons. The number of benzene rings is 3. The second-order valence-electron chi connectivity index (χ2n) is 6.49. The summed E-state index contributed by atoms with van der Waals surface area (Å²) < 4.78 is 6.22. The summed E-state index contributed by atoms with van der Waals surface area (Å²) in [6, 6.07) is 13.1. The minimum Gasteiger partial charge on any atom is -0.507 e.